The summed E-state index contributed by atoms with van der Waals surface area (Å²) in [5.74, 6) is 0. The zero-order valence-corrected chi connectivity index (χ0v) is 13.0. The van der Waals surface area contributed by atoms with Crippen molar-refractivity contribution < 1.29 is 13.2 Å². The standard InChI is InChI=1S/C11H17BrN2O3S/c1-8(7-17-3)14(2)18(15,16)11-6-9(12)4-5-10(11)13/h4-6,8H,7,13H2,1-3H3. The number of hydrogen-bond donors (Lipinski definition) is 1. The number of nitrogens with zero attached hydrogens (tertiary/aromatic N) is 1. The Balaban J connectivity index is 3.17. The van der Waals surface area contributed by atoms with E-state index in [2.05, 4.69) is 15.9 Å². The number of rotatable bonds is 5. The third-order valence-electron chi connectivity index (χ3n) is 2.66. The molecule has 1 aromatic rings. The number of methoxy groups -OCH3 is 1. The predicted octanol–water partition coefficient (Wildman–Crippen LogP) is 1.69. The molecule has 7 heteroatoms. The van der Waals surface area contributed by atoms with Crippen molar-refractivity contribution in [1.29, 1.82) is 0 Å². The number of halogens is 1. The first-order chi connectivity index (χ1) is 8.30. The van der Waals surface area contributed by atoms with Gasteiger partial charge < -0.3 is 10.5 Å². The van der Waals surface area contributed by atoms with Crippen LogP contribution in [0.3, 0.4) is 0 Å². The molecule has 0 fully saturated rings. The van der Waals surface area contributed by atoms with Crippen LogP contribution in [0, 0.1) is 0 Å². The van der Waals surface area contributed by atoms with E-state index in [0.717, 1.165) is 0 Å². The van der Waals surface area contributed by atoms with E-state index < -0.39 is 10.0 Å². The van der Waals surface area contributed by atoms with Crippen molar-refractivity contribution in [2.75, 3.05) is 26.5 Å². The lowest BCUT2D eigenvalue weighted by Gasteiger charge is -2.24. The van der Waals surface area contributed by atoms with E-state index in [-0.39, 0.29) is 16.6 Å². The Kier molecular flexibility index (Phi) is 5.15. The fourth-order valence-corrected chi connectivity index (χ4v) is 3.47. The fraction of sp³-hybridized carbons (Fsp3) is 0.455. The van der Waals surface area contributed by atoms with Crippen LogP contribution in [-0.4, -0.2) is 39.5 Å². The highest BCUT2D eigenvalue weighted by Gasteiger charge is 2.27. The highest BCUT2D eigenvalue weighted by atomic mass is 79.9. The molecule has 5 nitrogen and oxygen atoms in total. The summed E-state index contributed by atoms with van der Waals surface area (Å²) in [6.07, 6.45) is 0. The molecule has 0 bridgehead atoms. The van der Waals surface area contributed by atoms with Gasteiger partial charge in [0.15, 0.2) is 0 Å². The molecule has 0 saturated heterocycles. The number of benzene rings is 1. The molecule has 0 spiro atoms. The molecule has 0 amide bonds. The van der Waals surface area contributed by atoms with Gasteiger partial charge in [-0.25, -0.2) is 8.42 Å². The SMILES string of the molecule is COCC(C)N(C)S(=O)(=O)c1cc(Br)ccc1N. The third-order valence-corrected chi connectivity index (χ3v) is 5.18. The Morgan fingerprint density at radius 2 is 2.11 bits per heavy atom. The van der Waals surface area contributed by atoms with E-state index in [4.69, 9.17) is 10.5 Å². The number of anilines is 1. The molecule has 18 heavy (non-hydrogen) atoms. The van der Waals surface area contributed by atoms with Gasteiger partial charge in [0.1, 0.15) is 4.90 Å². The molecular weight excluding hydrogens is 320 g/mol. The van der Waals surface area contributed by atoms with Crippen molar-refractivity contribution in [3.05, 3.63) is 22.7 Å². The Morgan fingerprint density at radius 3 is 2.67 bits per heavy atom. The predicted molar refractivity (Wildman–Crippen MR) is 74.8 cm³/mol. The highest BCUT2D eigenvalue weighted by molar-refractivity contribution is 9.10. The second kappa shape index (κ2) is 6.01. The maximum Gasteiger partial charge on any atom is 0.245 e. The quantitative estimate of drug-likeness (QED) is 0.830. The molecule has 102 valence electrons. The van der Waals surface area contributed by atoms with Crippen LogP contribution < -0.4 is 5.73 Å². The summed E-state index contributed by atoms with van der Waals surface area (Å²) in [5.41, 5.74) is 5.96. The summed E-state index contributed by atoms with van der Waals surface area (Å²) in [5, 5.41) is 0. The van der Waals surface area contributed by atoms with Crippen LogP contribution in [0.25, 0.3) is 0 Å². The lowest BCUT2D eigenvalue weighted by molar-refractivity contribution is 0.149. The summed E-state index contributed by atoms with van der Waals surface area (Å²) < 4.78 is 31.7. The van der Waals surface area contributed by atoms with Crippen LogP contribution in [0.2, 0.25) is 0 Å². The fourth-order valence-electron chi connectivity index (χ4n) is 1.47. The average Bonchev–Trinajstić information content (AvgIpc) is 2.31. The van der Waals surface area contributed by atoms with E-state index in [9.17, 15) is 8.42 Å². The van der Waals surface area contributed by atoms with Crippen LogP contribution in [0.15, 0.2) is 27.6 Å². The minimum atomic E-state index is -3.62. The average molecular weight is 337 g/mol. The molecule has 1 aromatic carbocycles. The first kappa shape index (κ1) is 15.4. The smallest absolute Gasteiger partial charge is 0.245 e. The van der Waals surface area contributed by atoms with Crippen molar-refractivity contribution in [3.63, 3.8) is 0 Å². The minimum absolute atomic E-state index is 0.0994. The number of nitrogen functional groups attached to an aromatic ring is 1. The van der Waals surface area contributed by atoms with Gasteiger partial charge in [0.2, 0.25) is 10.0 Å². The minimum Gasteiger partial charge on any atom is -0.398 e. The molecule has 0 radical (unpaired) electrons. The molecule has 0 aliphatic rings. The van der Waals surface area contributed by atoms with Crippen molar-refractivity contribution in [3.8, 4) is 0 Å². The van der Waals surface area contributed by atoms with Crippen LogP contribution in [0.4, 0.5) is 5.69 Å². The largest absolute Gasteiger partial charge is 0.398 e. The Morgan fingerprint density at radius 1 is 1.50 bits per heavy atom. The summed E-state index contributed by atoms with van der Waals surface area (Å²) in [6, 6.07) is 4.50. The van der Waals surface area contributed by atoms with Gasteiger partial charge in [0.25, 0.3) is 0 Å². The number of nitrogens with two attached hydrogens (primary N) is 1. The molecule has 2 N–H and O–H groups in total. The zero-order valence-electron chi connectivity index (χ0n) is 10.6. The highest BCUT2D eigenvalue weighted by Crippen LogP contribution is 2.26. The summed E-state index contributed by atoms with van der Waals surface area (Å²) in [6.45, 7) is 2.10. The number of sulfonamides is 1. The molecule has 0 aromatic heterocycles. The van der Waals surface area contributed by atoms with Crippen molar-refractivity contribution in [1.82, 2.24) is 4.31 Å². The topological polar surface area (TPSA) is 72.6 Å². The molecular formula is C11H17BrN2O3S. The van der Waals surface area contributed by atoms with Gasteiger partial charge in [-0.05, 0) is 25.1 Å². The lowest BCUT2D eigenvalue weighted by atomic mass is 10.3. The van der Waals surface area contributed by atoms with E-state index in [0.29, 0.717) is 11.1 Å². The van der Waals surface area contributed by atoms with Crippen LogP contribution >= 0.6 is 15.9 Å². The first-order valence-corrected chi connectivity index (χ1v) is 7.56. The van der Waals surface area contributed by atoms with Crippen molar-refractivity contribution in [2.24, 2.45) is 0 Å². The van der Waals surface area contributed by atoms with Gasteiger partial charge in [0, 0.05) is 24.7 Å². The van der Waals surface area contributed by atoms with Crippen molar-refractivity contribution in [2.45, 2.75) is 17.9 Å². The van der Waals surface area contributed by atoms with Crippen LogP contribution in [-0.2, 0) is 14.8 Å². The molecule has 0 heterocycles. The van der Waals surface area contributed by atoms with Crippen LogP contribution in [0.1, 0.15) is 6.92 Å². The third kappa shape index (κ3) is 3.23. The zero-order chi connectivity index (χ0) is 13.9. The van der Waals surface area contributed by atoms with E-state index >= 15 is 0 Å². The first-order valence-electron chi connectivity index (χ1n) is 5.32. The monoisotopic (exact) mass is 336 g/mol. The second-order valence-corrected chi connectivity index (χ2v) is 6.89. The summed E-state index contributed by atoms with van der Waals surface area (Å²) in [7, 11) is -0.570. The Hall–Kier alpha value is -0.630. The summed E-state index contributed by atoms with van der Waals surface area (Å²) >= 11 is 3.24. The maximum atomic E-state index is 12.4. The second-order valence-electron chi connectivity index (χ2n) is 4.01. The van der Waals surface area contributed by atoms with Crippen LogP contribution in [0.5, 0.6) is 0 Å². The van der Waals surface area contributed by atoms with E-state index in [1.54, 1.807) is 19.1 Å². The number of ether oxygens (including phenoxy) is 1. The van der Waals surface area contributed by atoms with E-state index in [1.165, 1.54) is 24.5 Å². The molecule has 1 rings (SSSR count). The van der Waals surface area contributed by atoms with E-state index in [1.807, 2.05) is 0 Å². The van der Waals surface area contributed by atoms with Gasteiger partial charge in [-0.15, -0.1) is 0 Å². The Labute approximate surface area is 116 Å². The molecule has 1 atom stereocenters. The van der Waals surface area contributed by atoms with Gasteiger partial charge >= 0.3 is 0 Å². The molecule has 1 unspecified atom stereocenters. The van der Waals surface area contributed by atoms with Gasteiger partial charge in [-0.2, -0.15) is 4.31 Å². The normalized spacial score (nSPS) is 13.8. The van der Waals surface area contributed by atoms with Gasteiger partial charge in [-0.1, -0.05) is 15.9 Å². The van der Waals surface area contributed by atoms with Crippen molar-refractivity contribution >= 4 is 31.6 Å². The Bertz CT molecular complexity index is 519. The molecule has 0 saturated carbocycles. The summed E-state index contributed by atoms with van der Waals surface area (Å²) in [4.78, 5) is 0.0994. The number of hydrogen-bond acceptors (Lipinski definition) is 4. The van der Waals surface area contributed by atoms with Gasteiger partial charge in [0.05, 0.1) is 12.3 Å². The molecule has 0 aliphatic heterocycles. The number of likely N-dealkylation sites (N-methyl/N-ethyl adjacent to an activating group) is 1. The maximum absolute atomic E-state index is 12.4. The lowest BCUT2D eigenvalue weighted by Crippen LogP contribution is -2.38. The molecule has 0 aliphatic carbocycles. The van der Waals surface area contributed by atoms with Gasteiger partial charge in [-0.3, -0.25) is 0 Å².